The van der Waals surface area contributed by atoms with E-state index in [9.17, 15) is 4.79 Å². The molecule has 0 aromatic carbocycles. The number of hydrogen-bond donors (Lipinski definition) is 1. The first-order chi connectivity index (χ1) is 8.69. The third-order valence-electron chi connectivity index (χ3n) is 2.41. The molecule has 0 bridgehead atoms. The Kier molecular flexibility index (Phi) is 6.43. The first-order valence-electron chi connectivity index (χ1n) is 6.27. The number of aromatic nitrogens is 1. The Bertz CT molecular complexity index is 413. The number of nitrogens with two attached hydrogens (primary N) is 1. The molecule has 18 heavy (non-hydrogen) atoms. The van der Waals surface area contributed by atoms with Crippen molar-refractivity contribution < 1.29 is 9.53 Å². The molecule has 0 aliphatic carbocycles. The van der Waals surface area contributed by atoms with Gasteiger partial charge in [0, 0.05) is 5.38 Å². The quantitative estimate of drug-likeness (QED) is 0.468. The minimum absolute atomic E-state index is 0.307. The zero-order valence-electron chi connectivity index (χ0n) is 10.9. The van der Waals surface area contributed by atoms with Gasteiger partial charge in [0.15, 0.2) is 5.13 Å². The highest BCUT2D eigenvalue weighted by Crippen LogP contribution is 2.21. The Morgan fingerprint density at radius 2 is 2.28 bits per heavy atom. The molecule has 5 heteroatoms. The molecule has 0 fully saturated rings. The van der Waals surface area contributed by atoms with E-state index in [1.807, 2.05) is 13.0 Å². The lowest BCUT2D eigenvalue weighted by Crippen LogP contribution is -2.09. The van der Waals surface area contributed by atoms with Gasteiger partial charge in [-0.05, 0) is 12.8 Å². The first-order valence-corrected chi connectivity index (χ1v) is 7.15. The summed E-state index contributed by atoms with van der Waals surface area (Å²) in [5.41, 5.74) is 6.71. The lowest BCUT2D eigenvalue weighted by atomic mass is 10.2. The number of anilines is 1. The maximum Gasteiger partial charge on any atom is 0.340 e. The molecular formula is C13H20N2O2S. The number of esters is 1. The fourth-order valence-electron chi connectivity index (χ4n) is 1.50. The van der Waals surface area contributed by atoms with Crippen molar-refractivity contribution in [2.24, 2.45) is 0 Å². The van der Waals surface area contributed by atoms with Crippen molar-refractivity contribution in [3.63, 3.8) is 0 Å². The number of unbranched alkanes of at least 4 members (excludes halogenated alkanes) is 2. The highest BCUT2D eigenvalue weighted by Gasteiger charge is 2.15. The van der Waals surface area contributed by atoms with Crippen molar-refractivity contribution >= 4 is 28.0 Å². The molecule has 0 radical (unpaired) electrons. The van der Waals surface area contributed by atoms with Gasteiger partial charge in [-0.3, -0.25) is 0 Å². The summed E-state index contributed by atoms with van der Waals surface area (Å²) in [6, 6.07) is 0. The minimum atomic E-state index is -0.307. The van der Waals surface area contributed by atoms with E-state index in [4.69, 9.17) is 10.5 Å². The maximum absolute atomic E-state index is 11.9. The molecule has 100 valence electrons. The number of ether oxygens (including phenoxy) is 1. The summed E-state index contributed by atoms with van der Waals surface area (Å²) in [6.07, 6.45) is 5.68. The van der Waals surface area contributed by atoms with Crippen molar-refractivity contribution in [1.82, 2.24) is 4.98 Å². The van der Waals surface area contributed by atoms with Gasteiger partial charge in [0.2, 0.25) is 0 Å². The Hall–Kier alpha value is -1.36. The minimum Gasteiger partial charge on any atom is -0.462 e. The van der Waals surface area contributed by atoms with Crippen LogP contribution in [-0.4, -0.2) is 17.6 Å². The van der Waals surface area contributed by atoms with E-state index in [0.717, 1.165) is 25.7 Å². The van der Waals surface area contributed by atoms with E-state index < -0.39 is 0 Å². The van der Waals surface area contributed by atoms with Gasteiger partial charge in [-0.2, -0.15) is 0 Å². The average molecular weight is 268 g/mol. The SMILES string of the molecule is CCC=C(C(=O)OCCCCC)c1csc(N)n1. The van der Waals surface area contributed by atoms with Crippen LogP contribution in [0, 0.1) is 0 Å². The van der Waals surface area contributed by atoms with Crippen LogP contribution in [0.1, 0.15) is 45.2 Å². The number of thiazole rings is 1. The van der Waals surface area contributed by atoms with Gasteiger partial charge in [0.25, 0.3) is 0 Å². The van der Waals surface area contributed by atoms with Crippen LogP contribution in [0.25, 0.3) is 5.57 Å². The van der Waals surface area contributed by atoms with E-state index in [0.29, 0.717) is 23.0 Å². The number of rotatable bonds is 7. The molecule has 0 aliphatic rings. The van der Waals surface area contributed by atoms with Gasteiger partial charge >= 0.3 is 5.97 Å². The molecule has 0 aliphatic heterocycles. The van der Waals surface area contributed by atoms with Crippen LogP contribution in [0.2, 0.25) is 0 Å². The predicted octanol–water partition coefficient (Wildman–Crippen LogP) is 3.25. The number of nitrogen functional groups attached to an aromatic ring is 1. The molecule has 0 amide bonds. The fraction of sp³-hybridized carbons (Fsp3) is 0.538. The molecule has 2 N–H and O–H groups in total. The third kappa shape index (κ3) is 4.49. The Labute approximate surface area is 112 Å². The Morgan fingerprint density at radius 3 is 2.83 bits per heavy atom. The number of hydrogen-bond acceptors (Lipinski definition) is 5. The number of nitrogens with zero attached hydrogens (tertiary/aromatic N) is 1. The van der Waals surface area contributed by atoms with Crippen molar-refractivity contribution in [2.45, 2.75) is 39.5 Å². The van der Waals surface area contributed by atoms with Gasteiger partial charge in [0.1, 0.15) is 0 Å². The predicted molar refractivity (Wildman–Crippen MR) is 75.3 cm³/mol. The van der Waals surface area contributed by atoms with Crippen LogP contribution in [0.5, 0.6) is 0 Å². The van der Waals surface area contributed by atoms with Crippen LogP contribution in [-0.2, 0) is 9.53 Å². The summed E-state index contributed by atoms with van der Waals surface area (Å²) < 4.78 is 5.24. The molecule has 1 aromatic rings. The maximum atomic E-state index is 11.9. The topological polar surface area (TPSA) is 65.2 Å². The normalized spacial score (nSPS) is 11.6. The summed E-state index contributed by atoms with van der Waals surface area (Å²) in [5.74, 6) is -0.307. The van der Waals surface area contributed by atoms with Crippen LogP contribution in [0.15, 0.2) is 11.5 Å². The molecule has 0 spiro atoms. The van der Waals surface area contributed by atoms with E-state index >= 15 is 0 Å². The Balaban J connectivity index is 2.62. The molecule has 4 nitrogen and oxygen atoms in total. The summed E-state index contributed by atoms with van der Waals surface area (Å²) in [6.45, 7) is 4.55. The lowest BCUT2D eigenvalue weighted by Gasteiger charge is -2.06. The van der Waals surface area contributed by atoms with Crippen LogP contribution in [0.3, 0.4) is 0 Å². The van der Waals surface area contributed by atoms with E-state index in [1.165, 1.54) is 11.3 Å². The van der Waals surface area contributed by atoms with Gasteiger partial charge < -0.3 is 10.5 Å². The van der Waals surface area contributed by atoms with Crippen molar-refractivity contribution in [1.29, 1.82) is 0 Å². The largest absolute Gasteiger partial charge is 0.462 e. The van der Waals surface area contributed by atoms with Crippen LogP contribution in [0.4, 0.5) is 5.13 Å². The van der Waals surface area contributed by atoms with Crippen molar-refractivity contribution in [3.05, 3.63) is 17.2 Å². The zero-order valence-corrected chi connectivity index (χ0v) is 11.8. The van der Waals surface area contributed by atoms with Crippen LogP contribution < -0.4 is 5.73 Å². The molecule has 0 atom stereocenters. The fourth-order valence-corrected chi connectivity index (χ4v) is 2.07. The third-order valence-corrected chi connectivity index (χ3v) is 3.08. The van der Waals surface area contributed by atoms with Gasteiger partial charge in [-0.1, -0.05) is 32.8 Å². The summed E-state index contributed by atoms with van der Waals surface area (Å²) >= 11 is 1.33. The van der Waals surface area contributed by atoms with Crippen LogP contribution >= 0.6 is 11.3 Å². The second kappa shape index (κ2) is 7.87. The molecule has 1 rings (SSSR count). The highest BCUT2D eigenvalue weighted by molar-refractivity contribution is 7.13. The summed E-state index contributed by atoms with van der Waals surface area (Å²) in [4.78, 5) is 16.1. The summed E-state index contributed by atoms with van der Waals surface area (Å²) in [7, 11) is 0. The van der Waals surface area contributed by atoms with Crippen molar-refractivity contribution in [3.8, 4) is 0 Å². The standard InChI is InChI=1S/C13H20N2O2S/c1-3-5-6-8-17-12(16)10(7-4-2)11-9-18-13(14)15-11/h7,9H,3-6,8H2,1-2H3,(H2,14,15). The molecule has 1 aromatic heterocycles. The summed E-state index contributed by atoms with van der Waals surface area (Å²) in [5, 5.41) is 2.25. The highest BCUT2D eigenvalue weighted by atomic mass is 32.1. The molecule has 1 heterocycles. The smallest absolute Gasteiger partial charge is 0.340 e. The number of allylic oxidation sites excluding steroid dienone is 1. The monoisotopic (exact) mass is 268 g/mol. The Morgan fingerprint density at radius 1 is 1.50 bits per heavy atom. The zero-order chi connectivity index (χ0) is 13.4. The number of carbonyl (C=O) groups is 1. The number of carbonyl (C=O) groups excluding carboxylic acids is 1. The molecular weight excluding hydrogens is 248 g/mol. The van der Waals surface area contributed by atoms with Gasteiger partial charge in [0.05, 0.1) is 17.9 Å². The molecule has 0 unspecified atom stereocenters. The van der Waals surface area contributed by atoms with E-state index in [-0.39, 0.29) is 5.97 Å². The van der Waals surface area contributed by atoms with Crippen molar-refractivity contribution in [2.75, 3.05) is 12.3 Å². The van der Waals surface area contributed by atoms with E-state index in [1.54, 1.807) is 5.38 Å². The second-order valence-electron chi connectivity index (χ2n) is 3.94. The lowest BCUT2D eigenvalue weighted by molar-refractivity contribution is -0.136. The average Bonchev–Trinajstić information content (AvgIpc) is 2.78. The van der Waals surface area contributed by atoms with Gasteiger partial charge in [-0.25, -0.2) is 9.78 Å². The second-order valence-corrected chi connectivity index (χ2v) is 4.83. The van der Waals surface area contributed by atoms with Gasteiger partial charge in [-0.15, -0.1) is 11.3 Å². The molecule has 0 saturated carbocycles. The first kappa shape index (κ1) is 14.7. The molecule has 0 saturated heterocycles. The van der Waals surface area contributed by atoms with E-state index in [2.05, 4.69) is 11.9 Å².